The van der Waals surface area contributed by atoms with Gasteiger partial charge in [0.25, 0.3) is 5.91 Å². The lowest BCUT2D eigenvalue weighted by atomic mass is 10.0. The highest BCUT2D eigenvalue weighted by Gasteiger charge is 2.25. The van der Waals surface area contributed by atoms with Crippen molar-refractivity contribution in [3.05, 3.63) is 53.1 Å². The Bertz CT molecular complexity index is 953. The molecule has 4 N–H and O–H groups in total. The minimum atomic E-state index is -0.606. The van der Waals surface area contributed by atoms with Crippen molar-refractivity contribution in [2.45, 2.75) is 52.7 Å². The van der Waals surface area contributed by atoms with E-state index in [2.05, 4.69) is 15.5 Å². The Balaban J connectivity index is 1.44. The number of nitrogens with two attached hydrogens (primary N) is 1. The molecule has 1 fully saturated rings. The number of para-hydroxylation sites is 1. The van der Waals surface area contributed by atoms with E-state index in [9.17, 15) is 9.59 Å². The molecule has 1 saturated heterocycles. The van der Waals surface area contributed by atoms with Crippen LogP contribution < -0.4 is 21.1 Å². The first kappa shape index (κ1) is 23.6. The Morgan fingerprint density at radius 1 is 1.12 bits per heavy atom. The highest BCUT2D eigenvalue weighted by molar-refractivity contribution is 5.92. The fourth-order valence-electron chi connectivity index (χ4n) is 3.91. The minimum Gasteiger partial charge on any atom is -0.481 e. The smallest absolute Gasteiger partial charge is 0.260 e. The van der Waals surface area contributed by atoms with Gasteiger partial charge in [-0.25, -0.2) is 0 Å². The fraction of sp³-hybridized carbons (Fsp3) is 0.440. The lowest BCUT2D eigenvalue weighted by molar-refractivity contribution is -0.128. The number of amides is 2. The maximum Gasteiger partial charge on any atom is 0.260 e. The normalized spacial score (nSPS) is 15.8. The van der Waals surface area contributed by atoms with Crippen LogP contribution >= 0.6 is 0 Å². The molecule has 7 heteroatoms. The van der Waals surface area contributed by atoms with Gasteiger partial charge < -0.3 is 21.1 Å². The lowest BCUT2D eigenvalue weighted by Crippen LogP contribution is -2.49. The summed E-state index contributed by atoms with van der Waals surface area (Å²) in [5.41, 5.74) is 10.5. The van der Waals surface area contributed by atoms with Crippen molar-refractivity contribution in [1.29, 1.82) is 0 Å². The predicted molar refractivity (Wildman–Crippen MR) is 128 cm³/mol. The third-order valence-electron chi connectivity index (χ3n) is 6.14. The molecule has 2 amide bonds. The van der Waals surface area contributed by atoms with Gasteiger partial charge in [0.2, 0.25) is 5.91 Å². The number of carbonyl (C=O) groups is 2. The van der Waals surface area contributed by atoms with E-state index in [1.165, 1.54) is 0 Å². The van der Waals surface area contributed by atoms with E-state index in [4.69, 9.17) is 10.5 Å². The molecule has 7 nitrogen and oxygen atoms in total. The number of nitrogens with one attached hydrogen (secondary N) is 2. The van der Waals surface area contributed by atoms with Crippen LogP contribution in [0.4, 0.5) is 11.4 Å². The largest absolute Gasteiger partial charge is 0.481 e. The molecule has 2 aromatic carbocycles. The van der Waals surface area contributed by atoms with Crippen LogP contribution in [-0.2, 0) is 9.59 Å². The summed E-state index contributed by atoms with van der Waals surface area (Å²) >= 11 is 0. The molecule has 1 heterocycles. The van der Waals surface area contributed by atoms with Gasteiger partial charge in [0.1, 0.15) is 5.75 Å². The van der Waals surface area contributed by atoms with Crippen molar-refractivity contribution in [2.75, 3.05) is 30.7 Å². The second-order valence-corrected chi connectivity index (χ2v) is 8.59. The number of anilines is 2. The number of piperidine rings is 1. The Morgan fingerprint density at radius 3 is 2.44 bits per heavy atom. The molecular weight excluding hydrogens is 404 g/mol. The summed E-state index contributed by atoms with van der Waals surface area (Å²) in [7, 11) is 0. The molecule has 0 radical (unpaired) electrons. The third-order valence-corrected chi connectivity index (χ3v) is 6.14. The van der Waals surface area contributed by atoms with Crippen LogP contribution in [-0.4, -0.2) is 48.5 Å². The van der Waals surface area contributed by atoms with Gasteiger partial charge in [-0.15, -0.1) is 0 Å². The van der Waals surface area contributed by atoms with Gasteiger partial charge in [-0.1, -0.05) is 18.2 Å². The number of ether oxygens (including phenoxy) is 1. The highest BCUT2D eigenvalue weighted by Crippen LogP contribution is 2.30. The summed E-state index contributed by atoms with van der Waals surface area (Å²) in [6.45, 7) is 9.49. The number of hydrogen-bond donors (Lipinski definition) is 3. The Kier molecular flexibility index (Phi) is 7.75. The number of benzene rings is 2. The van der Waals surface area contributed by atoms with Crippen molar-refractivity contribution in [3.63, 3.8) is 0 Å². The predicted octanol–water partition coefficient (Wildman–Crippen LogP) is 3.18. The molecule has 2 aromatic rings. The van der Waals surface area contributed by atoms with Gasteiger partial charge >= 0.3 is 0 Å². The highest BCUT2D eigenvalue weighted by atomic mass is 16.5. The number of rotatable bonds is 7. The van der Waals surface area contributed by atoms with Crippen molar-refractivity contribution in [2.24, 2.45) is 0 Å². The molecule has 0 spiro atoms. The van der Waals surface area contributed by atoms with E-state index in [0.29, 0.717) is 12.3 Å². The third kappa shape index (κ3) is 6.01. The standard InChI is InChI=1S/C25H34N4O3/c1-16-14-22(17(2)18(3)24(16)26)32-19(4)25(31)28-21-10-12-29(13-11-21)15-23(30)27-20-8-6-5-7-9-20/h5-9,14,19,21H,10-13,15,26H2,1-4H3,(H,27,30)(H,28,31). The van der Waals surface area contributed by atoms with Crippen LogP contribution in [0.15, 0.2) is 36.4 Å². The van der Waals surface area contributed by atoms with Crippen LogP contribution in [0, 0.1) is 20.8 Å². The van der Waals surface area contributed by atoms with Crippen LogP contribution in [0.25, 0.3) is 0 Å². The summed E-state index contributed by atoms with van der Waals surface area (Å²) in [6.07, 6.45) is 0.998. The van der Waals surface area contributed by atoms with Gasteiger partial charge in [0.15, 0.2) is 6.10 Å². The number of nitrogens with zero attached hydrogens (tertiary/aromatic N) is 1. The molecule has 1 aliphatic rings. The van der Waals surface area contributed by atoms with E-state index in [1.54, 1.807) is 6.92 Å². The van der Waals surface area contributed by atoms with E-state index in [0.717, 1.165) is 54.0 Å². The topological polar surface area (TPSA) is 96.7 Å². The molecule has 0 bridgehead atoms. The van der Waals surface area contributed by atoms with Gasteiger partial charge in [-0.3, -0.25) is 14.5 Å². The number of likely N-dealkylation sites (tertiary alicyclic amines) is 1. The first-order valence-electron chi connectivity index (χ1n) is 11.1. The summed E-state index contributed by atoms with van der Waals surface area (Å²) < 4.78 is 5.96. The van der Waals surface area contributed by atoms with Crippen molar-refractivity contribution in [3.8, 4) is 5.75 Å². The second kappa shape index (κ2) is 10.5. The Hall–Kier alpha value is -3.06. The molecule has 3 rings (SSSR count). The average molecular weight is 439 g/mol. The first-order valence-corrected chi connectivity index (χ1v) is 11.1. The molecule has 0 saturated carbocycles. The number of nitrogen functional groups attached to an aromatic ring is 1. The van der Waals surface area contributed by atoms with Crippen molar-refractivity contribution >= 4 is 23.2 Å². The molecule has 32 heavy (non-hydrogen) atoms. The van der Waals surface area contributed by atoms with Gasteiger partial charge in [-0.05, 0) is 75.4 Å². The molecule has 1 unspecified atom stereocenters. The van der Waals surface area contributed by atoms with Gasteiger partial charge in [-0.2, -0.15) is 0 Å². The molecular formula is C25H34N4O3. The molecule has 0 aliphatic carbocycles. The van der Waals surface area contributed by atoms with Crippen molar-refractivity contribution in [1.82, 2.24) is 10.2 Å². The van der Waals surface area contributed by atoms with E-state index < -0.39 is 6.10 Å². The summed E-state index contributed by atoms with van der Waals surface area (Å²) in [6, 6.07) is 11.4. The van der Waals surface area contributed by atoms with Gasteiger partial charge in [0.05, 0.1) is 6.54 Å². The molecule has 0 aromatic heterocycles. The van der Waals surface area contributed by atoms with Crippen LogP contribution in [0.5, 0.6) is 5.75 Å². The van der Waals surface area contributed by atoms with E-state index in [-0.39, 0.29) is 17.9 Å². The zero-order valence-corrected chi connectivity index (χ0v) is 19.4. The summed E-state index contributed by atoms with van der Waals surface area (Å²) in [5, 5.41) is 6.01. The zero-order chi connectivity index (χ0) is 23.3. The maximum absolute atomic E-state index is 12.7. The Morgan fingerprint density at radius 2 is 1.78 bits per heavy atom. The average Bonchev–Trinajstić information content (AvgIpc) is 2.77. The fourth-order valence-corrected chi connectivity index (χ4v) is 3.91. The molecule has 172 valence electrons. The zero-order valence-electron chi connectivity index (χ0n) is 19.4. The Labute approximate surface area is 190 Å². The maximum atomic E-state index is 12.7. The monoisotopic (exact) mass is 438 g/mol. The molecule has 1 aliphatic heterocycles. The lowest BCUT2D eigenvalue weighted by Gasteiger charge is -2.32. The van der Waals surface area contributed by atoms with Crippen LogP contribution in [0.1, 0.15) is 36.5 Å². The van der Waals surface area contributed by atoms with Crippen molar-refractivity contribution < 1.29 is 14.3 Å². The number of aryl methyl sites for hydroxylation is 1. The number of hydrogen-bond acceptors (Lipinski definition) is 5. The number of carbonyl (C=O) groups excluding carboxylic acids is 2. The van der Waals surface area contributed by atoms with Crippen LogP contribution in [0.3, 0.4) is 0 Å². The SMILES string of the molecule is Cc1cc(OC(C)C(=O)NC2CCN(CC(=O)Nc3ccccc3)CC2)c(C)c(C)c1N. The first-order chi connectivity index (χ1) is 15.2. The quantitative estimate of drug-likeness (QED) is 0.577. The molecule has 1 atom stereocenters. The van der Waals surface area contributed by atoms with Gasteiger partial charge in [0, 0.05) is 30.5 Å². The minimum absolute atomic E-state index is 0.0230. The summed E-state index contributed by atoms with van der Waals surface area (Å²) in [5.74, 6) is 0.540. The van der Waals surface area contributed by atoms with E-state index >= 15 is 0 Å². The summed E-state index contributed by atoms with van der Waals surface area (Å²) in [4.78, 5) is 27.1. The van der Waals surface area contributed by atoms with Crippen LogP contribution in [0.2, 0.25) is 0 Å². The second-order valence-electron chi connectivity index (χ2n) is 8.59. The van der Waals surface area contributed by atoms with E-state index in [1.807, 2.05) is 57.2 Å².